The molecular weight excluding hydrogens is 352 g/mol. The summed E-state index contributed by atoms with van der Waals surface area (Å²) in [7, 11) is 0. The van der Waals surface area contributed by atoms with Crippen molar-refractivity contribution < 1.29 is 4.79 Å². The Balaban J connectivity index is 1.68. The minimum atomic E-state index is -0.163. The van der Waals surface area contributed by atoms with Crippen molar-refractivity contribution in [3.8, 4) is 0 Å². The van der Waals surface area contributed by atoms with Gasteiger partial charge in [0, 0.05) is 28.6 Å². The molecule has 5 nitrogen and oxygen atoms in total. The maximum Gasteiger partial charge on any atom is 0.225 e. The number of thiazole rings is 1. The van der Waals surface area contributed by atoms with Crippen LogP contribution >= 0.6 is 22.7 Å². The molecule has 0 aromatic carbocycles. The second-order valence-electron chi connectivity index (χ2n) is 6.23. The lowest BCUT2D eigenvalue weighted by Crippen LogP contribution is -2.35. The van der Waals surface area contributed by atoms with Crippen molar-refractivity contribution in [2.45, 2.75) is 39.8 Å². The molecule has 1 amide bonds. The third kappa shape index (κ3) is 4.55. The third-order valence-corrected chi connectivity index (χ3v) is 5.84. The van der Waals surface area contributed by atoms with E-state index in [1.165, 1.54) is 4.88 Å². The molecule has 0 spiro atoms. The number of amides is 1. The number of nitrogens with one attached hydrogen (secondary N) is 1. The quantitative estimate of drug-likeness (QED) is 0.685. The fourth-order valence-electron chi connectivity index (χ4n) is 2.75. The van der Waals surface area contributed by atoms with Gasteiger partial charge in [0.1, 0.15) is 5.01 Å². The molecule has 0 aliphatic rings. The van der Waals surface area contributed by atoms with Gasteiger partial charge in [0.2, 0.25) is 5.91 Å². The molecular formula is C18H22N4OS2. The number of thiophene rings is 1. The van der Waals surface area contributed by atoms with E-state index in [2.05, 4.69) is 26.8 Å². The van der Waals surface area contributed by atoms with Gasteiger partial charge in [-0.25, -0.2) is 4.98 Å². The fourth-order valence-corrected chi connectivity index (χ4v) is 4.19. The molecule has 2 atom stereocenters. The molecule has 0 saturated heterocycles. The van der Waals surface area contributed by atoms with E-state index in [0.29, 0.717) is 6.54 Å². The topological polar surface area (TPSA) is 59.8 Å². The second kappa shape index (κ2) is 7.93. The fraction of sp³-hybridized carbons (Fsp3) is 0.389. The first-order valence-corrected chi connectivity index (χ1v) is 10.0. The number of nitrogens with zero attached hydrogens (tertiary/aromatic N) is 3. The Bertz CT molecular complexity index is 808. The van der Waals surface area contributed by atoms with E-state index >= 15 is 0 Å². The zero-order valence-electron chi connectivity index (χ0n) is 14.6. The number of carbonyl (C=O) groups is 1. The number of hydrogen-bond donors (Lipinski definition) is 1. The van der Waals surface area contributed by atoms with Gasteiger partial charge in [-0.2, -0.15) is 5.10 Å². The molecule has 0 saturated carbocycles. The van der Waals surface area contributed by atoms with Crippen LogP contribution in [0.3, 0.4) is 0 Å². The summed E-state index contributed by atoms with van der Waals surface area (Å²) in [6.07, 6.45) is 2.55. The average Bonchev–Trinajstić information content (AvgIpc) is 3.30. The average molecular weight is 375 g/mol. The Hall–Kier alpha value is -1.99. The standard InChI is InChI=1S/C18H22N4OS2/c1-12(11-22-14(3)9-13(2)21-22)17(23)20-16(18-19-6-8-25-18)10-15-5-4-7-24-15/h4-9,12,16H,10-11H2,1-3H3,(H,20,23)/t12-,16+/m0/s1. The third-order valence-electron chi connectivity index (χ3n) is 4.05. The molecule has 3 aromatic heterocycles. The summed E-state index contributed by atoms with van der Waals surface area (Å²) in [5.41, 5.74) is 2.05. The lowest BCUT2D eigenvalue weighted by molar-refractivity contribution is -0.125. The van der Waals surface area contributed by atoms with Crippen molar-refractivity contribution in [2.75, 3.05) is 0 Å². The van der Waals surface area contributed by atoms with Gasteiger partial charge in [-0.1, -0.05) is 13.0 Å². The van der Waals surface area contributed by atoms with E-state index in [4.69, 9.17) is 0 Å². The van der Waals surface area contributed by atoms with E-state index in [1.807, 2.05) is 43.0 Å². The van der Waals surface area contributed by atoms with E-state index in [9.17, 15) is 4.79 Å². The molecule has 0 unspecified atom stereocenters. The summed E-state index contributed by atoms with van der Waals surface area (Å²) < 4.78 is 1.90. The molecule has 25 heavy (non-hydrogen) atoms. The highest BCUT2D eigenvalue weighted by Crippen LogP contribution is 2.23. The summed E-state index contributed by atoms with van der Waals surface area (Å²) in [5, 5.41) is 12.6. The van der Waals surface area contributed by atoms with Crippen molar-refractivity contribution in [1.29, 1.82) is 0 Å². The molecule has 0 aliphatic heterocycles. The molecule has 1 N–H and O–H groups in total. The van der Waals surface area contributed by atoms with Gasteiger partial charge < -0.3 is 5.32 Å². The van der Waals surface area contributed by atoms with Gasteiger partial charge in [-0.15, -0.1) is 22.7 Å². The monoisotopic (exact) mass is 374 g/mol. The van der Waals surface area contributed by atoms with Gasteiger partial charge in [0.25, 0.3) is 0 Å². The van der Waals surface area contributed by atoms with E-state index in [-0.39, 0.29) is 17.9 Å². The second-order valence-corrected chi connectivity index (χ2v) is 8.18. The van der Waals surface area contributed by atoms with E-state index < -0.39 is 0 Å². The number of aromatic nitrogens is 3. The summed E-state index contributed by atoms with van der Waals surface area (Å²) >= 11 is 3.28. The van der Waals surface area contributed by atoms with Crippen LogP contribution in [-0.2, 0) is 17.8 Å². The van der Waals surface area contributed by atoms with Crippen LogP contribution in [-0.4, -0.2) is 20.7 Å². The van der Waals surface area contributed by atoms with Crippen molar-refractivity contribution >= 4 is 28.6 Å². The Morgan fingerprint density at radius 3 is 2.76 bits per heavy atom. The summed E-state index contributed by atoms with van der Waals surface area (Å²) in [6, 6.07) is 6.07. The van der Waals surface area contributed by atoms with Crippen LogP contribution in [0.4, 0.5) is 0 Å². The Morgan fingerprint density at radius 1 is 1.32 bits per heavy atom. The van der Waals surface area contributed by atoms with Gasteiger partial charge in [-0.05, 0) is 31.4 Å². The van der Waals surface area contributed by atoms with Gasteiger partial charge >= 0.3 is 0 Å². The van der Waals surface area contributed by atoms with Crippen LogP contribution in [0, 0.1) is 19.8 Å². The first-order valence-electron chi connectivity index (χ1n) is 8.26. The molecule has 0 bridgehead atoms. The Morgan fingerprint density at radius 2 is 2.16 bits per heavy atom. The molecule has 3 heterocycles. The van der Waals surface area contributed by atoms with Gasteiger partial charge in [0.15, 0.2) is 0 Å². The van der Waals surface area contributed by atoms with Crippen LogP contribution < -0.4 is 5.32 Å². The van der Waals surface area contributed by atoms with Crippen LogP contribution in [0.5, 0.6) is 0 Å². The highest BCUT2D eigenvalue weighted by atomic mass is 32.1. The summed E-state index contributed by atoms with van der Waals surface area (Å²) in [6.45, 7) is 6.50. The Labute approximate surface area is 155 Å². The minimum Gasteiger partial charge on any atom is -0.346 e. The SMILES string of the molecule is Cc1cc(C)n(C[C@H](C)C(=O)N[C@H](Cc2cccs2)c2nccs2)n1. The van der Waals surface area contributed by atoms with Crippen LogP contribution in [0.25, 0.3) is 0 Å². The van der Waals surface area contributed by atoms with Crippen LogP contribution in [0.1, 0.15) is 34.2 Å². The molecule has 0 radical (unpaired) electrons. The summed E-state index contributed by atoms with van der Waals surface area (Å²) in [5.74, 6) is -0.131. The van der Waals surface area contributed by atoms with Crippen molar-refractivity contribution in [2.24, 2.45) is 5.92 Å². The maximum absolute atomic E-state index is 12.7. The Kier molecular flexibility index (Phi) is 5.65. The predicted molar refractivity (Wildman–Crippen MR) is 102 cm³/mol. The number of aryl methyl sites for hydroxylation is 2. The maximum atomic E-state index is 12.7. The largest absolute Gasteiger partial charge is 0.346 e. The number of carbonyl (C=O) groups excluding carboxylic acids is 1. The van der Waals surface area contributed by atoms with Crippen molar-refractivity contribution in [1.82, 2.24) is 20.1 Å². The first kappa shape index (κ1) is 17.8. The molecule has 132 valence electrons. The zero-order chi connectivity index (χ0) is 17.8. The van der Waals surface area contributed by atoms with Gasteiger partial charge in [-0.3, -0.25) is 9.48 Å². The van der Waals surface area contributed by atoms with E-state index in [0.717, 1.165) is 22.8 Å². The molecule has 0 fully saturated rings. The lowest BCUT2D eigenvalue weighted by Gasteiger charge is -2.19. The minimum absolute atomic E-state index is 0.0318. The highest BCUT2D eigenvalue weighted by molar-refractivity contribution is 7.10. The first-order chi connectivity index (χ1) is 12.0. The van der Waals surface area contributed by atoms with Crippen LogP contribution in [0.15, 0.2) is 35.2 Å². The number of hydrogen-bond acceptors (Lipinski definition) is 5. The normalized spacial score (nSPS) is 13.6. The molecule has 7 heteroatoms. The molecule has 0 aliphatic carbocycles. The van der Waals surface area contributed by atoms with E-state index in [1.54, 1.807) is 28.9 Å². The molecule has 3 aromatic rings. The van der Waals surface area contributed by atoms with Gasteiger partial charge in [0.05, 0.1) is 24.2 Å². The van der Waals surface area contributed by atoms with Crippen molar-refractivity contribution in [3.05, 3.63) is 56.4 Å². The number of rotatable bonds is 7. The molecule has 3 rings (SSSR count). The van der Waals surface area contributed by atoms with Crippen LogP contribution in [0.2, 0.25) is 0 Å². The van der Waals surface area contributed by atoms with Crippen molar-refractivity contribution in [3.63, 3.8) is 0 Å². The smallest absolute Gasteiger partial charge is 0.225 e. The lowest BCUT2D eigenvalue weighted by atomic mass is 10.1. The predicted octanol–water partition coefficient (Wildman–Crippen LogP) is 3.75. The highest BCUT2D eigenvalue weighted by Gasteiger charge is 2.22. The summed E-state index contributed by atoms with van der Waals surface area (Å²) in [4.78, 5) is 18.4. The zero-order valence-corrected chi connectivity index (χ0v) is 16.2.